The van der Waals surface area contributed by atoms with Crippen molar-refractivity contribution in [2.24, 2.45) is 11.5 Å². The van der Waals surface area contributed by atoms with Crippen LogP contribution in [-0.2, 0) is 28.7 Å². The van der Waals surface area contributed by atoms with E-state index in [-0.39, 0.29) is 57.6 Å². The molecular formula is C24H34N4O8S6. The van der Waals surface area contributed by atoms with Crippen molar-refractivity contribution in [1.29, 1.82) is 0 Å². The van der Waals surface area contributed by atoms with Gasteiger partial charge in [-0.2, -0.15) is 25.3 Å². The van der Waals surface area contributed by atoms with Crippen LogP contribution in [0.2, 0.25) is 0 Å². The highest BCUT2D eigenvalue weighted by atomic mass is 33.1. The van der Waals surface area contributed by atoms with E-state index in [0.29, 0.717) is 0 Å². The summed E-state index contributed by atoms with van der Waals surface area (Å²) in [6.07, 6.45) is 0. The van der Waals surface area contributed by atoms with Gasteiger partial charge in [0.15, 0.2) is 0 Å². The zero-order valence-corrected chi connectivity index (χ0v) is 27.9. The highest BCUT2D eigenvalue weighted by molar-refractivity contribution is 8.82. The van der Waals surface area contributed by atoms with Crippen molar-refractivity contribution < 1.29 is 38.2 Å². The van der Waals surface area contributed by atoms with Gasteiger partial charge in [0.1, 0.15) is 12.1 Å². The third kappa shape index (κ3) is 13.8. The molecule has 1 rings (SSSR count). The van der Waals surface area contributed by atoms with Crippen LogP contribution in [-0.4, -0.2) is 94.4 Å². The molecule has 1 aromatic carbocycles. The van der Waals surface area contributed by atoms with E-state index in [1.807, 2.05) is 0 Å². The second-order valence-electron chi connectivity index (χ2n) is 8.09. The molecule has 0 aliphatic rings. The van der Waals surface area contributed by atoms with Crippen LogP contribution >= 0.6 is 68.4 Å². The van der Waals surface area contributed by atoms with Gasteiger partial charge in [-0.05, 0) is 59.7 Å². The van der Waals surface area contributed by atoms with E-state index in [0.717, 1.165) is 43.2 Å². The number of nitrogens with two attached hydrogens (primary N) is 2. The molecule has 2 unspecified atom stereocenters. The number of benzene rings is 1. The highest BCUT2D eigenvalue weighted by Gasteiger charge is 2.26. The normalized spacial score (nSPS) is 13.7. The maximum atomic E-state index is 12.8. The van der Waals surface area contributed by atoms with Gasteiger partial charge in [0.2, 0.25) is 10.2 Å². The fourth-order valence-electron chi connectivity index (χ4n) is 2.67. The van der Waals surface area contributed by atoms with Crippen LogP contribution in [0.5, 0.6) is 0 Å². The average molecular weight is 699 g/mol. The van der Waals surface area contributed by atoms with Crippen molar-refractivity contribution in [2.45, 2.75) is 38.0 Å². The third-order valence-electron chi connectivity index (χ3n) is 4.91. The van der Waals surface area contributed by atoms with Gasteiger partial charge in [0, 0.05) is 34.1 Å². The number of hydrogen-bond donors (Lipinski definition) is 6. The first-order valence-electron chi connectivity index (χ1n) is 12.4. The van der Waals surface area contributed by atoms with E-state index in [1.165, 1.54) is 24.3 Å². The van der Waals surface area contributed by atoms with E-state index < -0.39 is 47.9 Å². The summed E-state index contributed by atoms with van der Waals surface area (Å²) in [6.45, 7) is 3.44. The van der Waals surface area contributed by atoms with Crippen LogP contribution in [0.3, 0.4) is 0 Å². The van der Waals surface area contributed by atoms with Gasteiger partial charge in [-0.1, -0.05) is 21.6 Å². The molecule has 18 heteroatoms. The second kappa shape index (κ2) is 21.2. The summed E-state index contributed by atoms with van der Waals surface area (Å²) in [5.41, 5.74) is 11.6. The monoisotopic (exact) mass is 698 g/mol. The minimum Gasteiger partial charge on any atom is -0.464 e. The number of carbonyl (C=O) groups excluding carboxylic acids is 6. The Bertz CT molecular complexity index is 999. The topological polar surface area (TPSA) is 197 Å². The zero-order valence-electron chi connectivity index (χ0n) is 22.8. The molecule has 234 valence electrons. The minimum absolute atomic E-state index is 0.0402. The van der Waals surface area contributed by atoms with Gasteiger partial charge in [-0.3, -0.25) is 19.2 Å². The molecular weight excluding hydrogens is 665 g/mol. The number of thiol groups is 2. The van der Waals surface area contributed by atoms with Gasteiger partial charge in [-0.15, -0.1) is 0 Å². The van der Waals surface area contributed by atoms with Crippen LogP contribution < -0.4 is 22.1 Å². The molecule has 1 aromatic rings. The SMILES string of the molecule is CCOC(=O)C(CSSC(=O)[C@@H](N)CS)NC(=O)c1ccc(C(=O)NC(CSSC(=O)[C@@H](N)CS)C(=O)OCC)cc1. The van der Waals surface area contributed by atoms with E-state index >= 15 is 0 Å². The van der Waals surface area contributed by atoms with Gasteiger partial charge in [-0.25, -0.2) is 9.59 Å². The van der Waals surface area contributed by atoms with E-state index in [2.05, 4.69) is 35.9 Å². The van der Waals surface area contributed by atoms with Crippen LogP contribution in [0.4, 0.5) is 0 Å². The van der Waals surface area contributed by atoms with Crippen molar-refractivity contribution in [1.82, 2.24) is 10.6 Å². The largest absolute Gasteiger partial charge is 0.464 e. The molecule has 0 radical (unpaired) electrons. The Kier molecular flexibility index (Phi) is 19.4. The molecule has 42 heavy (non-hydrogen) atoms. The maximum Gasteiger partial charge on any atom is 0.329 e. The Hall–Kier alpha value is -1.54. The van der Waals surface area contributed by atoms with Gasteiger partial charge < -0.3 is 31.6 Å². The maximum absolute atomic E-state index is 12.8. The van der Waals surface area contributed by atoms with Crippen molar-refractivity contribution >= 4 is 102 Å². The summed E-state index contributed by atoms with van der Waals surface area (Å²) < 4.78 is 10.1. The standard InChI is InChI=1S/C24H34N4O8S6/c1-3-35-21(31)17(11-39-41-23(33)15(25)9-37)27-19(29)13-5-7-14(8-6-13)20(30)28-18(22(32)36-4-2)12-40-42-24(34)16(26)10-38/h5-8,15-18,37-38H,3-4,9-12,25-26H2,1-2H3,(H,27,29)(H,28,30)/t15-,16-,17?,18?/m0/s1. The summed E-state index contributed by atoms with van der Waals surface area (Å²) in [5, 5.41) is 4.52. The zero-order chi connectivity index (χ0) is 31.7. The van der Waals surface area contributed by atoms with E-state index in [9.17, 15) is 28.8 Å². The summed E-state index contributed by atoms with van der Waals surface area (Å²) in [5.74, 6) is -2.12. The second-order valence-corrected chi connectivity index (χ2v) is 13.5. The lowest BCUT2D eigenvalue weighted by atomic mass is 10.1. The number of esters is 2. The predicted octanol–water partition coefficient (Wildman–Crippen LogP) is 1.34. The first-order valence-corrected chi connectivity index (χ1v) is 18.3. The Morgan fingerprint density at radius 3 is 1.33 bits per heavy atom. The lowest BCUT2D eigenvalue weighted by Crippen LogP contribution is -2.44. The Morgan fingerprint density at radius 1 is 0.714 bits per heavy atom. The molecule has 0 aromatic heterocycles. The van der Waals surface area contributed by atoms with Crippen LogP contribution in [0.1, 0.15) is 34.6 Å². The molecule has 0 bridgehead atoms. The Balaban J connectivity index is 2.85. The first kappa shape index (κ1) is 38.5. The number of ether oxygens (including phenoxy) is 2. The molecule has 2 amide bonds. The Morgan fingerprint density at radius 2 is 1.05 bits per heavy atom. The fraction of sp³-hybridized carbons (Fsp3) is 0.500. The number of amides is 2. The van der Waals surface area contributed by atoms with E-state index in [4.69, 9.17) is 20.9 Å². The molecule has 0 fully saturated rings. The lowest BCUT2D eigenvalue weighted by molar-refractivity contribution is -0.145. The van der Waals surface area contributed by atoms with Crippen molar-refractivity contribution in [3.63, 3.8) is 0 Å². The first-order chi connectivity index (χ1) is 20.0. The fourth-order valence-corrected chi connectivity index (χ4v) is 7.41. The lowest BCUT2D eigenvalue weighted by Gasteiger charge is -2.18. The molecule has 0 aliphatic heterocycles. The molecule has 0 spiro atoms. The van der Waals surface area contributed by atoms with Gasteiger partial charge >= 0.3 is 11.9 Å². The van der Waals surface area contributed by atoms with E-state index in [1.54, 1.807) is 13.8 Å². The molecule has 12 nitrogen and oxygen atoms in total. The third-order valence-corrected chi connectivity index (χ3v) is 10.3. The van der Waals surface area contributed by atoms with Crippen LogP contribution in [0, 0.1) is 0 Å². The van der Waals surface area contributed by atoms with Crippen molar-refractivity contribution in [3.05, 3.63) is 35.4 Å². The average Bonchev–Trinajstić information content (AvgIpc) is 2.98. The number of hydrogen-bond acceptors (Lipinski definition) is 16. The minimum atomic E-state index is -1.05. The molecule has 0 aliphatic carbocycles. The smallest absolute Gasteiger partial charge is 0.329 e. The molecule has 6 N–H and O–H groups in total. The van der Waals surface area contributed by atoms with Crippen LogP contribution in [0.15, 0.2) is 24.3 Å². The van der Waals surface area contributed by atoms with Gasteiger partial charge in [0.25, 0.3) is 11.8 Å². The summed E-state index contributed by atoms with van der Waals surface area (Å²) >= 11 is 7.96. The Labute approximate surface area is 271 Å². The quantitative estimate of drug-likeness (QED) is 0.0730. The summed E-state index contributed by atoms with van der Waals surface area (Å²) in [4.78, 5) is 74.3. The number of rotatable bonds is 18. The van der Waals surface area contributed by atoms with Crippen molar-refractivity contribution in [3.8, 4) is 0 Å². The van der Waals surface area contributed by atoms with Crippen molar-refractivity contribution in [2.75, 3.05) is 36.2 Å². The van der Waals surface area contributed by atoms with Crippen LogP contribution in [0.25, 0.3) is 0 Å². The predicted molar refractivity (Wildman–Crippen MR) is 176 cm³/mol. The number of carbonyl (C=O) groups is 6. The molecule has 0 heterocycles. The number of nitrogens with one attached hydrogen (secondary N) is 2. The molecule has 0 saturated carbocycles. The molecule has 4 atom stereocenters. The molecule has 0 saturated heterocycles. The summed E-state index contributed by atoms with van der Waals surface area (Å²) in [6, 6.07) is 1.91. The van der Waals surface area contributed by atoms with Gasteiger partial charge in [0.05, 0.1) is 25.3 Å². The highest BCUT2D eigenvalue weighted by Crippen LogP contribution is 2.25. The summed E-state index contributed by atoms with van der Waals surface area (Å²) in [7, 11) is 3.81.